The minimum Gasteiger partial charge on any atom is -0.339 e. The number of amides is 2. The van der Waals surface area contributed by atoms with Gasteiger partial charge in [0.1, 0.15) is 0 Å². The van der Waals surface area contributed by atoms with Crippen molar-refractivity contribution in [3.05, 3.63) is 65.5 Å². The number of aryl methyl sites for hydroxylation is 2. The van der Waals surface area contributed by atoms with Crippen LogP contribution in [0, 0.1) is 6.92 Å². The van der Waals surface area contributed by atoms with Crippen LogP contribution in [-0.4, -0.2) is 39.9 Å². The summed E-state index contributed by atoms with van der Waals surface area (Å²) >= 11 is 0. The normalized spacial score (nSPS) is 10.6. The molecule has 1 aromatic heterocycles. The second-order valence-electron chi connectivity index (χ2n) is 6.98. The number of nitrogens with one attached hydrogen (secondary N) is 1. The maximum absolute atomic E-state index is 12.3. The van der Waals surface area contributed by atoms with Gasteiger partial charge in [-0.2, -0.15) is 4.98 Å². The summed E-state index contributed by atoms with van der Waals surface area (Å²) in [5, 5.41) is 6.81. The Morgan fingerprint density at radius 2 is 1.67 bits per heavy atom. The van der Waals surface area contributed by atoms with Gasteiger partial charge in [-0.05, 0) is 45.0 Å². The zero-order valence-corrected chi connectivity index (χ0v) is 17.5. The Morgan fingerprint density at radius 3 is 2.30 bits per heavy atom. The summed E-state index contributed by atoms with van der Waals surface area (Å²) in [5.41, 5.74) is 3.28. The Labute approximate surface area is 176 Å². The van der Waals surface area contributed by atoms with Gasteiger partial charge in [0, 0.05) is 42.7 Å². The molecule has 7 nitrogen and oxygen atoms in total. The van der Waals surface area contributed by atoms with Crippen molar-refractivity contribution < 1.29 is 14.1 Å². The Kier molecular flexibility index (Phi) is 6.95. The SMILES string of the molecule is CCN(CC)C(=O)c1ccc(NC(=O)CCc2nc(-c3ccc(C)cc3)no2)cc1. The molecule has 3 rings (SSSR count). The second kappa shape index (κ2) is 9.82. The number of benzene rings is 2. The van der Waals surface area contributed by atoms with Gasteiger partial charge in [0.2, 0.25) is 17.6 Å². The fourth-order valence-corrected chi connectivity index (χ4v) is 3.01. The van der Waals surface area contributed by atoms with Gasteiger partial charge in [0.25, 0.3) is 5.91 Å². The Hall–Kier alpha value is -3.48. The first-order valence-electron chi connectivity index (χ1n) is 10.1. The molecule has 0 aliphatic rings. The zero-order chi connectivity index (χ0) is 21.5. The lowest BCUT2D eigenvalue weighted by Gasteiger charge is -2.18. The molecule has 0 aliphatic heterocycles. The van der Waals surface area contributed by atoms with E-state index in [2.05, 4.69) is 15.5 Å². The van der Waals surface area contributed by atoms with Crippen LogP contribution in [0.3, 0.4) is 0 Å². The highest BCUT2D eigenvalue weighted by atomic mass is 16.5. The molecule has 7 heteroatoms. The van der Waals surface area contributed by atoms with Crippen molar-refractivity contribution >= 4 is 17.5 Å². The third-order valence-corrected chi connectivity index (χ3v) is 4.81. The largest absolute Gasteiger partial charge is 0.339 e. The van der Waals surface area contributed by atoms with Gasteiger partial charge in [0.05, 0.1) is 0 Å². The zero-order valence-electron chi connectivity index (χ0n) is 17.5. The van der Waals surface area contributed by atoms with E-state index in [1.807, 2.05) is 45.0 Å². The maximum atomic E-state index is 12.3. The first-order chi connectivity index (χ1) is 14.5. The predicted octanol–water partition coefficient (Wildman–Crippen LogP) is 4.10. The summed E-state index contributed by atoms with van der Waals surface area (Å²) in [6, 6.07) is 14.8. The number of rotatable bonds is 8. The van der Waals surface area contributed by atoms with Gasteiger partial charge in [0.15, 0.2) is 0 Å². The van der Waals surface area contributed by atoms with Crippen LogP contribution < -0.4 is 5.32 Å². The van der Waals surface area contributed by atoms with Gasteiger partial charge in [-0.3, -0.25) is 9.59 Å². The van der Waals surface area contributed by atoms with Crippen molar-refractivity contribution in [2.24, 2.45) is 0 Å². The van der Waals surface area contributed by atoms with Gasteiger partial charge in [-0.15, -0.1) is 0 Å². The molecule has 1 N–H and O–H groups in total. The van der Waals surface area contributed by atoms with Crippen LogP contribution in [0.1, 0.15) is 42.1 Å². The number of carbonyl (C=O) groups is 2. The fraction of sp³-hybridized carbons (Fsp3) is 0.304. The molecule has 3 aromatic rings. The first-order valence-corrected chi connectivity index (χ1v) is 10.1. The summed E-state index contributed by atoms with van der Waals surface area (Å²) in [6.07, 6.45) is 0.568. The summed E-state index contributed by atoms with van der Waals surface area (Å²) in [5.74, 6) is 0.756. The Balaban J connectivity index is 1.52. The topological polar surface area (TPSA) is 88.3 Å². The van der Waals surface area contributed by atoms with Gasteiger partial charge >= 0.3 is 0 Å². The molecular weight excluding hydrogens is 380 g/mol. The van der Waals surface area contributed by atoms with E-state index in [0.29, 0.717) is 42.5 Å². The monoisotopic (exact) mass is 406 g/mol. The number of hydrogen-bond donors (Lipinski definition) is 1. The van der Waals surface area contributed by atoms with E-state index in [1.54, 1.807) is 29.2 Å². The third-order valence-electron chi connectivity index (χ3n) is 4.81. The average molecular weight is 406 g/mol. The molecule has 1 heterocycles. The molecule has 2 aromatic carbocycles. The lowest BCUT2D eigenvalue weighted by molar-refractivity contribution is -0.116. The van der Waals surface area contributed by atoms with Crippen molar-refractivity contribution in [1.82, 2.24) is 15.0 Å². The van der Waals surface area contributed by atoms with Crippen LogP contribution in [0.2, 0.25) is 0 Å². The molecule has 0 saturated carbocycles. The predicted molar refractivity (Wildman–Crippen MR) is 115 cm³/mol. The smallest absolute Gasteiger partial charge is 0.253 e. The van der Waals surface area contributed by atoms with Crippen molar-refractivity contribution in [3.63, 3.8) is 0 Å². The van der Waals surface area contributed by atoms with Crippen molar-refractivity contribution in [1.29, 1.82) is 0 Å². The van der Waals surface area contributed by atoms with E-state index in [0.717, 1.165) is 11.1 Å². The van der Waals surface area contributed by atoms with E-state index in [1.165, 1.54) is 0 Å². The van der Waals surface area contributed by atoms with E-state index in [4.69, 9.17) is 4.52 Å². The molecule has 0 atom stereocenters. The number of carbonyl (C=O) groups excluding carboxylic acids is 2. The number of anilines is 1. The molecule has 156 valence electrons. The Bertz CT molecular complexity index is 990. The highest BCUT2D eigenvalue weighted by Crippen LogP contribution is 2.17. The van der Waals surface area contributed by atoms with Crippen LogP contribution >= 0.6 is 0 Å². The molecule has 0 fully saturated rings. The molecule has 0 bridgehead atoms. The quantitative estimate of drug-likeness (QED) is 0.608. The summed E-state index contributed by atoms with van der Waals surface area (Å²) in [4.78, 5) is 30.7. The van der Waals surface area contributed by atoms with Crippen LogP contribution in [0.5, 0.6) is 0 Å². The minimum absolute atomic E-state index is 0.0151. The standard InChI is InChI=1S/C23H26N4O3/c1-4-27(5-2)23(29)18-10-12-19(13-11-18)24-20(28)14-15-21-25-22(26-30-21)17-8-6-16(3)7-9-17/h6-13H,4-5,14-15H2,1-3H3,(H,24,28). The molecule has 30 heavy (non-hydrogen) atoms. The lowest BCUT2D eigenvalue weighted by Crippen LogP contribution is -2.30. The van der Waals surface area contributed by atoms with Crippen LogP contribution in [0.4, 0.5) is 5.69 Å². The van der Waals surface area contributed by atoms with Crippen LogP contribution in [0.15, 0.2) is 53.1 Å². The Morgan fingerprint density at radius 1 is 1.00 bits per heavy atom. The molecule has 0 radical (unpaired) electrons. The summed E-state index contributed by atoms with van der Waals surface area (Å²) < 4.78 is 5.25. The van der Waals surface area contributed by atoms with E-state index in [-0.39, 0.29) is 18.2 Å². The molecule has 2 amide bonds. The van der Waals surface area contributed by atoms with Gasteiger partial charge < -0.3 is 14.7 Å². The molecular formula is C23H26N4O3. The van der Waals surface area contributed by atoms with E-state index < -0.39 is 0 Å². The van der Waals surface area contributed by atoms with Crippen molar-refractivity contribution in [3.8, 4) is 11.4 Å². The average Bonchev–Trinajstić information content (AvgIpc) is 3.23. The van der Waals surface area contributed by atoms with Crippen LogP contribution in [0.25, 0.3) is 11.4 Å². The first kappa shape index (κ1) is 21.2. The molecule has 0 spiro atoms. The summed E-state index contributed by atoms with van der Waals surface area (Å²) in [7, 11) is 0. The van der Waals surface area contributed by atoms with Crippen molar-refractivity contribution in [2.75, 3.05) is 18.4 Å². The van der Waals surface area contributed by atoms with Crippen molar-refractivity contribution in [2.45, 2.75) is 33.6 Å². The maximum Gasteiger partial charge on any atom is 0.253 e. The molecule has 0 saturated heterocycles. The lowest BCUT2D eigenvalue weighted by atomic mass is 10.1. The minimum atomic E-state index is -0.159. The highest BCUT2D eigenvalue weighted by molar-refractivity contribution is 5.95. The number of aromatic nitrogens is 2. The van der Waals surface area contributed by atoms with Crippen LogP contribution in [-0.2, 0) is 11.2 Å². The van der Waals surface area contributed by atoms with Gasteiger partial charge in [-0.1, -0.05) is 35.0 Å². The summed E-state index contributed by atoms with van der Waals surface area (Å²) in [6.45, 7) is 7.23. The van der Waals surface area contributed by atoms with E-state index in [9.17, 15) is 9.59 Å². The second-order valence-corrected chi connectivity index (χ2v) is 6.98. The van der Waals surface area contributed by atoms with E-state index >= 15 is 0 Å². The molecule has 0 aliphatic carbocycles. The third kappa shape index (κ3) is 5.31. The number of nitrogens with zero attached hydrogens (tertiary/aromatic N) is 3. The fourth-order valence-electron chi connectivity index (χ4n) is 3.01. The molecule has 0 unspecified atom stereocenters. The highest BCUT2D eigenvalue weighted by Gasteiger charge is 2.13. The van der Waals surface area contributed by atoms with Gasteiger partial charge in [-0.25, -0.2) is 0 Å². The number of hydrogen-bond acceptors (Lipinski definition) is 5.